The predicted octanol–water partition coefficient (Wildman–Crippen LogP) is 5.19. The van der Waals surface area contributed by atoms with Gasteiger partial charge in [0.25, 0.3) is 5.91 Å². The minimum absolute atomic E-state index is 0.209. The molecule has 3 aromatic carbocycles. The van der Waals surface area contributed by atoms with Crippen molar-refractivity contribution in [3.05, 3.63) is 77.9 Å². The highest BCUT2D eigenvalue weighted by molar-refractivity contribution is 7.85. The fourth-order valence-corrected chi connectivity index (χ4v) is 5.25. The van der Waals surface area contributed by atoms with E-state index in [-0.39, 0.29) is 5.56 Å². The van der Waals surface area contributed by atoms with Gasteiger partial charge in [0, 0.05) is 17.0 Å². The molecule has 8 heteroatoms. The van der Waals surface area contributed by atoms with Gasteiger partial charge >= 0.3 is 5.97 Å². The number of ether oxygens (including phenoxy) is 1. The molecule has 0 aliphatic rings. The van der Waals surface area contributed by atoms with Gasteiger partial charge in [0.2, 0.25) is 0 Å². The highest BCUT2D eigenvalue weighted by Crippen LogP contribution is 2.31. The number of hydrogen-bond donors (Lipinski definition) is 1. The molecule has 33 heavy (non-hydrogen) atoms. The molecule has 1 amide bonds. The van der Waals surface area contributed by atoms with Gasteiger partial charge in [-0.05, 0) is 61.0 Å². The van der Waals surface area contributed by atoms with Gasteiger partial charge in [0.15, 0.2) is 6.61 Å². The number of fused-ring (bicyclic) bond motifs is 1. The minimum atomic E-state index is -1.30. The molecule has 4 rings (SSSR count). The van der Waals surface area contributed by atoms with E-state index >= 15 is 0 Å². The number of nitrogens with zero attached hydrogens (tertiary/aromatic N) is 1. The molecule has 0 aliphatic heterocycles. The van der Waals surface area contributed by atoms with Gasteiger partial charge in [-0.1, -0.05) is 25.1 Å². The second-order valence-electron chi connectivity index (χ2n) is 7.32. The lowest BCUT2D eigenvalue weighted by atomic mass is 10.2. The van der Waals surface area contributed by atoms with Crippen LogP contribution in [0, 0.1) is 6.92 Å². The molecule has 0 saturated heterocycles. The maximum atomic E-state index is 12.4. The van der Waals surface area contributed by atoms with Crippen LogP contribution in [0.25, 0.3) is 20.8 Å². The zero-order valence-electron chi connectivity index (χ0n) is 18.2. The van der Waals surface area contributed by atoms with E-state index in [9.17, 15) is 13.8 Å². The Morgan fingerprint density at radius 2 is 1.82 bits per heavy atom. The van der Waals surface area contributed by atoms with Gasteiger partial charge in [-0.2, -0.15) is 0 Å². The van der Waals surface area contributed by atoms with E-state index in [1.807, 2.05) is 24.3 Å². The van der Waals surface area contributed by atoms with E-state index < -0.39 is 29.3 Å². The van der Waals surface area contributed by atoms with Crippen molar-refractivity contribution in [1.29, 1.82) is 0 Å². The molecular weight excluding hydrogens is 456 g/mol. The van der Waals surface area contributed by atoms with Crippen LogP contribution in [0.1, 0.15) is 22.8 Å². The molecule has 0 fully saturated rings. The SMILES string of the molecule is CC[S@@](=O)c1ccccc1C(=O)OCC(=O)Nc1ccc(-c2nc3ccc(C)cc3s2)cc1. The predicted molar refractivity (Wildman–Crippen MR) is 132 cm³/mol. The quantitative estimate of drug-likeness (QED) is 0.369. The molecule has 0 unspecified atom stereocenters. The van der Waals surface area contributed by atoms with Crippen LogP contribution in [0.15, 0.2) is 71.6 Å². The van der Waals surface area contributed by atoms with Crippen molar-refractivity contribution >= 4 is 49.9 Å². The molecule has 4 aromatic rings. The number of aryl methyl sites for hydroxylation is 1. The van der Waals surface area contributed by atoms with Crippen LogP contribution in [0.2, 0.25) is 0 Å². The maximum absolute atomic E-state index is 12.4. The number of thiazole rings is 1. The maximum Gasteiger partial charge on any atom is 0.339 e. The Bertz CT molecular complexity index is 1350. The third kappa shape index (κ3) is 5.35. The Kier molecular flexibility index (Phi) is 6.96. The summed E-state index contributed by atoms with van der Waals surface area (Å²) in [5.74, 6) is -0.748. The zero-order valence-corrected chi connectivity index (χ0v) is 19.8. The fraction of sp³-hybridized carbons (Fsp3) is 0.160. The van der Waals surface area contributed by atoms with Crippen molar-refractivity contribution in [2.75, 3.05) is 17.7 Å². The van der Waals surface area contributed by atoms with Crippen molar-refractivity contribution in [2.45, 2.75) is 18.7 Å². The number of aromatic nitrogens is 1. The number of carbonyl (C=O) groups is 2. The summed E-state index contributed by atoms with van der Waals surface area (Å²) >= 11 is 1.62. The third-order valence-electron chi connectivity index (χ3n) is 4.91. The molecule has 0 aliphatic carbocycles. The molecular formula is C25H22N2O4S2. The van der Waals surface area contributed by atoms with Crippen molar-refractivity contribution in [3.63, 3.8) is 0 Å². The van der Waals surface area contributed by atoms with E-state index in [1.54, 1.807) is 54.7 Å². The molecule has 6 nitrogen and oxygen atoms in total. The van der Waals surface area contributed by atoms with Crippen molar-refractivity contribution in [1.82, 2.24) is 4.98 Å². The summed E-state index contributed by atoms with van der Waals surface area (Å²) in [6.45, 7) is 3.39. The summed E-state index contributed by atoms with van der Waals surface area (Å²) < 4.78 is 18.4. The van der Waals surface area contributed by atoms with Crippen molar-refractivity contribution < 1.29 is 18.5 Å². The minimum Gasteiger partial charge on any atom is -0.452 e. The largest absolute Gasteiger partial charge is 0.452 e. The molecule has 1 heterocycles. The first-order valence-electron chi connectivity index (χ1n) is 10.4. The number of anilines is 1. The van der Waals surface area contributed by atoms with E-state index in [2.05, 4.69) is 23.3 Å². The van der Waals surface area contributed by atoms with Crippen LogP contribution < -0.4 is 5.32 Å². The highest BCUT2D eigenvalue weighted by atomic mass is 32.2. The van der Waals surface area contributed by atoms with E-state index in [0.29, 0.717) is 16.3 Å². The lowest BCUT2D eigenvalue weighted by molar-refractivity contribution is -0.119. The standard InChI is InChI=1S/C25H22N2O4S2/c1-3-33(30)22-7-5-4-6-19(22)25(29)31-15-23(28)26-18-11-9-17(10-12-18)24-27-20-13-8-16(2)14-21(20)32-24/h4-14H,3,15H2,1-2H3,(H,26,28)/t33-/m1/s1. The van der Waals surface area contributed by atoms with Crippen LogP contribution >= 0.6 is 11.3 Å². The zero-order chi connectivity index (χ0) is 23.4. The Morgan fingerprint density at radius 1 is 1.06 bits per heavy atom. The molecule has 0 spiro atoms. The van der Waals surface area contributed by atoms with Crippen LogP contribution in [0.4, 0.5) is 5.69 Å². The van der Waals surface area contributed by atoms with Crippen molar-refractivity contribution in [3.8, 4) is 10.6 Å². The lowest BCUT2D eigenvalue weighted by Gasteiger charge is -2.09. The summed E-state index contributed by atoms with van der Waals surface area (Å²) in [6, 6.07) is 20.1. The second kappa shape index (κ2) is 10.1. The monoisotopic (exact) mass is 478 g/mol. The summed E-state index contributed by atoms with van der Waals surface area (Å²) in [7, 11) is -1.30. The average Bonchev–Trinajstić information content (AvgIpc) is 3.25. The fourth-order valence-electron chi connectivity index (χ4n) is 3.25. The smallest absolute Gasteiger partial charge is 0.339 e. The second-order valence-corrected chi connectivity index (χ2v) is 10.1. The molecule has 1 N–H and O–H groups in total. The molecule has 0 bridgehead atoms. The van der Waals surface area contributed by atoms with E-state index in [1.165, 1.54) is 5.56 Å². The average molecular weight is 479 g/mol. The molecule has 0 radical (unpaired) electrons. The Balaban J connectivity index is 1.37. The number of carbonyl (C=O) groups excluding carboxylic acids is 2. The number of hydrogen-bond acceptors (Lipinski definition) is 6. The van der Waals surface area contributed by atoms with E-state index in [0.717, 1.165) is 20.8 Å². The van der Waals surface area contributed by atoms with Crippen LogP contribution in [-0.4, -0.2) is 33.4 Å². The normalized spacial score (nSPS) is 11.8. The van der Waals surface area contributed by atoms with Crippen LogP contribution in [0.5, 0.6) is 0 Å². The third-order valence-corrected chi connectivity index (χ3v) is 7.35. The van der Waals surface area contributed by atoms with Crippen LogP contribution in [-0.2, 0) is 20.3 Å². The van der Waals surface area contributed by atoms with E-state index in [4.69, 9.17) is 4.74 Å². The number of nitrogens with one attached hydrogen (secondary N) is 1. The molecule has 1 aromatic heterocycles. The number of amides is 1. The Morgan fingerprint density at radius 3 is 2.58 bits per heavy atom. The molecule has 0 saturated carbocycles. The highest BCUT2D eigenvalue weighted by Gasteiger charge is 2.17. The topological polar surface area (TPSA) is 85.4 Å². The summed E-state index contributed by atoms with van der Waals surface area (Å²) in [4.78, 5) is 29.7. The summed E-state index contributed by atoms with van der Waals surface area (Å²) in [6.07, 6.45) is 0. The van der Waals surface area contributed by atoms with Gasteiger partial charge < -0.3 is 10.1 Å². The number of benzene rings is 3. The summed E-state index contributed by atoms with van der Waals surface area (Å²) in [5.41, 5.74) is 3.91. The first-order chi connectivity index (χ1) is 15.9. The first kappa shape index (κ1) is 22.8. The first-order valence-corrected chi connectivity index (χ1v) is 12.5. The van der Waals surface area contributed by atoms with Gasteiger partial charge in [0.05, 0.1) is 31.5 Å². The Hall–Kier alpha value is -3.36. The van der Waals surface area contributed by atoms with Crippen LogP contribution in [0.3, 0.4) is 0 Å². The molecule has 1 atom stereocenters. The van der Waals surface area contributed by atoms with Gasteiger partial charge in [0.1, 0.15) is 5.01 Å². The van der Waals surface area contributed by atoms with Gasteiger partial charge in [-0.25, -0.2) is 9.78 Å². The Labute approximate surface area is 198 Å². The number of rotatable bonds is 7. The molecule has 168 valence electrons. The van der Waals surface area contributed by atoms with Crippen molar-refractivity contribution in [2.24, 2.45) is 0 Å². The van der Waals surface area contributed by atoms with Gasteiger partial charge in [-0.3, -0.25) is 9.00 Å². The van der Waals surface area contributed by atoms with Gasteiger partial charge in [-0.15, -0.1) is 11.3 Å². The summed E-state index contributed by atoms with van der Waals surface area (Å²) in [5, 5.41) is 3.62. The lowest BCUT2D eigenvalue weighted by Crippen LogP contribution is -2.21. The number of esters is 1.